The molecule has 1 fully saturated rings. The van der Waals surface area contributed by atoms with E-state index in [1.807, 2.05) is 0 Å². The van der Waals surface area contributed by atoms with Crippen LogP contribution in [0.3, 0.4) is 0 Å². The normalized spacial score (nSPS) is 20.0. The molecule has 4 rings (SSSR count). The number of rotatable bonds is 5. The number of ketones is 1. The monoisotopic (exact) mass is 396 g/mol. The molecule has 0 bridgehead atoms. The van der Waals surface area contributed by atoms with Crippen LogP contribution < -0.4 is 19.5 Å². The Balaban J connectivity index is 1.65. The van der Waals surface area contributed by atoms with Gasteiger partial charge in [-0.1, -0.05) is 6.07 Å². The first kappa shape index (κ1) is 18.8. The van der Waals surface area contributed by atoms with Gasteiger partial charge in [-0.2, -0.15) is 0 Å². The fourth-order valence-electron chi connectivity index (χ4n) is 3.54. The summed E-state index contributed by atoms with van der Waals surface area (Å²) in [5.41, 5.74) is 0.390. The van der Waals surface area contributed by atoms with Gasteiger partial charge in [0, 0.05) is 11.1 Å². The molecule has 0 aliphatic carbocycles. The molecule has 2 aliphatic heterocycles. The first-order chi connectivity index (χ1) is 13.8. The third kappa shape index (κ3) is 3.06. The number of carbonyl (C=O) groups is 3. The molecule has 2 aromatic carbocycles. The van der Waals surface area contributed by atoms with Gasteiger partial charge in [-0.05, 0) is 49.7 Å². The number of ether oxygens (including phenoxy) is 3. The lowest BCUT2D eigenvalue weighted by Crippen LogP contribution is -2.40. The standard InChI is InChI=1S/C21H20N2O6/c1-12(24)13-4-6-16(27-3)14(8-13)10-23-19(25)21(2,22-20(23)26)15-5-7-17-18(9-15)29-11-28-17/h4-9H,10-11H2,1-3H3,(H,22,26)/t21-/m1/s1. The molecule has 0 aromatic heterocycles. The lowest BCUT2D eigenvalue weighted by atomic mass is 9.91. The summed E-state index contributed by atoms with van der Waals surface area (Å²) in [4.78, 5) is 38.7. The van der Waals surface area contributed by atoms with E-state index in [0.717, 1.165) is 4.90 Å². The first-order valence-electron chi connectivity index (χ1n) is 9.05. The zero-order valence-corrected chi connectivity index (χ0v) is 16.3. The molecule has 0 spiro atoms. The maximum atomic E-state index is 13.2. The molecule has 1 saturated heterocycles. The van der Waals surface area contributed by atoms with Crippen LogP contribution in [-0.4, -0.2) is 36.5 Å². The minimum absolute atomic E-state index is 0.0187. The van der Waals surface area contributed by atoms with E-state index in [4.69, 9.17) is 14.2 Å². The number of hydrogen-bond acceptors (Lipinski definition) is 6. The average molecular weight is 396 g/mol. The summed E-state index contributed by atoms with van der Waals surface area (Å²) in [7, 11) is 1.49. The molecule has 2 aromatic rings. The molecular weight excluding hydrogens is 376 g/mol. The van der Waals surface area contributed by atoms with Crippen molar-refractivity contribution in [1.82, 2.24) is 10.2 Å². The lowest BCUT2D eigenvalue weighted by molar-refractivity contribution is -0.131. The van der Waals surface area contributed by atoms with Crippen LogP contribution in [0.15, 0.2) is 36.4 Å². The molecule has 0 radical (unpaired) electrons. The molecule has 1 N–H and O–H groups in total. The maximum absolute atomic E-state index is 13.2. The second-order valence-electron chi connectivity index (χ2n) is 7.10. The average Bonchev–Trinajstić information content (AvgIpc) is 3.26. The fourth-order valence-corrected chi connectivity index (χ4v) is 3.54. The molecule has 8 heteroatoms. The molecule has 1 atom stereocenters. The van der Waals surface area contributed by atoms with Gasteiger partial charge in [0.25, 0.3) is 5.91 Å². The van der Waals surface area contributed by atoms with Crippen molar-refractivity contribution in [1.29, 1.82) is 0 Å². The molecule has 3 amide bonds. The van der Waals surface area contributed by atoms with Crippen LogP contribution in [0.1, 0.15) is 35.3 Å². The van der Waals surface area contributed by atoms with E-state index < -0.39 is 17.5 Å². The van der Waals surface area contributed by atoms with Crippen molar-refractivity contribution in [3.05, 3.63) is 53.1 Å². The number of nitrogens with one attached hydrogen (secondary N) is 1. The van der Waals surface area contributed by atoms with Crippen molar-refractivity contribution in [3.8, 4) is 17.2 Å². The summed E-state index contributed by atoms with van der Waals surface area (Å²) in [6.07, 6.45) is 0. The number of amides is 3. The molecule has 8 nitrogen and oxygen atoms in total. The highest BCUT2D eigenvalue weighted by Gasteiger charge is 2.49. The van der Waals surface area contributed by atoms with Crippen LogP contribution in [0.25, 0.3) is 0 Å². The second kappa shape index (κ2) is 6.80. The predicted molar refractivity (Wildman–Crippen MR) is 102 cm³/mol. The number of imide groups is 1. The summed E-state index contributed by atoms with van der Waals surface area (Å²) in [6, 6.07) is 9.55. The Morgan fingerprint density at radius 1 is 1.17 bits per heavy atom. The first-order valence-corrected chi connectivity index (χ1v) is 9.05. The van der Waals surface area contributed by atoms with Crippen molar-refractivity contribution in [2.24, 2.45) is 0 Å². The number of urea groups is 1. The number of fused-ring (bicyclic) bond motifs is 1. The summed E-state index contributed by atoms with van der Waals surface area (Å²) < 4.78 is 16.0. The molecular formula is C21H20N2O6. The van der Waals surface area contributed by atoms with Crippen LogP contribution in [0.5, 0.6) is 17.2 Å². The van der Waals surface area contributed by atoms with Crippen molar-refractivity contribution in [2.45, 2.75) is 25.9 Å². The smallest absolute Gasteiger partial charge is 0.325 e. The van der Waals surface area contributed by atoms with Gasteiger partial charge in [-0.25, -0.2) is 4.79 Å². The fraction of sp³-hybridized carbons (Fsp3) is 0.286. The number of hydrogen-bond donors (Lipinski definition) is 1. The van der Waals surface area contributed by atoms with E-state index in [1.165, 1.54) is 14.0 Å². The molecule has 0 saturated carbocycles. The van der Waals surface area contributed by atoms with Crippen LogP contribution in [0.2, 0.25) is 0 Å². The minimum Gasteiger partial charge on any atom is -0.496 e. The Kier molecular flexibility index (Phi) is 4.41. The minimum atomic E-state index is -1.25. The number of benzene rings is 2. The van der Waals surface area contributed by atoms with E-state index in [9.17, 15) is 14.4 Å². The largest absolute Gasteiger partial charge is 0.496 e. The van der Waals surface area contributed by atoms with Gasteiger partial charge >= 0.3 is 6.03 Å². The van der Waals surface area contributed by atoms with Gasteiger partial charge in [-0.3, -0.25) is 14.5 Å². The van der Waals surface area contributed by atoms with Crippen molar-refractivity contribution >= 4 is 17.7 Å². The third-order valence-corrected chi connectivity index (χ3v) is 5.24. The summed E-state index contributed by atoms with van der Waals surface area (Å²) in [6.45, 7) is 3.20. The zero-order valence-electron chi connectivity index (χ0n) is 16.3. The Morgan fingerprint density at radius 2 is 1.93 bits per heavy atom. The van der Waals surface area contributed by atoms with E-state index >= 15 is 0 Å². The topological polar surface area (TPSA) is 94.2 Å². The third-order valence-electron chi connectivity index (χ3n) is 5.24. The van der Waals surface area contributed by atoms with Crippen LogP contribution in [-0.2, 0) is 16.9 Å². The van der Waals surface area contributed by atoms with Crippen molar-refractivity contribution in [3.63, 3.8) is 0 Å². The Morgan fingerprint density at radius 3 is 2.66 bits per heavy atom. The molecule has 2 heterocycles. The van der Waals surface area contributed by atoms with Crippen molar-refractivity contribution < 1.29 is 28.6 Å². The van der Waals surface area contributed by atoms with Gasteiger partial charge in [0.05, 0.1) is 13.7 Å². The quantitative estimate of drug-likeness (QED) is 0.617. The highest BCUT2D eigenvalue weighted by atomic mass is 16.7. The predicted octanol–water partition coefficient (Wildman–Crippen LogP) is 2.59. The molecule has 0 unspecified atom stereocenters. The van der Waals surface area contributed by atoms with Gasteiger partial charge in [0.1, 0.15) is 11.3 Å². The van der Waals surface area contributed by atoms with Gasteiger partial charge < -0.3 is 19.5 Å². The van der Waals surface area contributed by atoms with E-state index in [1.54, 1.807) is 43.3 Å². The molecule has 150 valence electrons. The zero-order chi connectivity index (χ0) is 20.8. The van der Waals surface area contributed by atoms with Crippen LogP contribution >= 0.6 is 0 Å². The Labute approximate surface area is 167 Å². The summed E-state index contributed by atoms with van der Waals surface area (Å²) >= 11 is 0. The number of carbonyl (C=O) groups excluding carboxylic acids is 3. The Bertz CT molecular complexity index is 1030. The van der Waals surface area contributed by atoms with Crippen LogP contribution in [0.4, 0.5) is 4.79 Å². The maximum Gasteiger partial charge on any atom is 0.325 e. The summed E-state index contributed by atoms with van der Waals surface area (Å²) in [5, 5.41) is 2.77. The highest BCUT2D eigenvalue weighted by molar-refractivity contribution is 6.07. The van der Waals surface area contributed by atoms with E-state index in [0.29, 0.717) is 33.9 Å². The van der Waals surface area contributed by atoms with Gasteiger partial charge in [-0.15, -0.1) is 0 Å². The molecule has 29 heavy (non-hydrogen) atoms. The number of methoxy groups -OCH3 is 1. The van der Waals surface area contributed by atoms with Gasteiger partial charge in [0.2, 0.25) is 6.79 Å². The van der Waals surface area contributed by atoms with Gasteiger partial charge in [0.15, 0.2) is 17.3 Å². The molecule has 2 aliphatic rings. The van der Waals surface area contributed by atoms with Crippen LogP contribution in [0, 0.1) is 0 Å². The lowest BCUT2D eigenvalue weighted by Gasteiger charge is -2.23. The summed E-state index contributed by atoms with van der Waals surface area (Å²) in [5.74, 6) is 1.09. The second-order valence-corrected chi connectivity index (χ2v) is 7.10. The van der Waals surface area contributed by atoms with E-state index in [-0.39, 0.29) is 19.1 Å². The van der Waals surface area contributed by atoms with Crippen molar-refractivity contribution in [2.75, 3.05) is 13.9 Å². The highest BCUT2D eigenvalue weighted by Crippen LogP contribution is 2.38. The SMILES string of the molecule is COc1ccc(C(C)=O)cc1CN1C(=O)N[C@](C)(c2ccc3c(c2)OCO3)C1=O. The van der Waals surface area contributed by atoms with E-state index in [2.05, 4.69) is 5.32 Å². The number of Topliss-reactive ketones (excluding diaryl/α,β-unsaturated/α-hetero) is 1. The number of nitrogens with zero attached hydrogens (tertiary/aromatic N) is 1. The Hall–Kier alpha value is -3.55.